The molecule has 8 heteroatoms. The zero-order valence-electron chi connectivity index (χ0n) is 7.91. The fourth-order valence-corrected chi connectivity index (χ4v) is 0.566. The Hall–Kier alpha value is -1.22. The Balaban J connectivity index is -0.000000185. The summed E-state index contributed by atoms with van der Waals surface area (Å²) in [6.07, 6.45) is 0. The first-order valence-electron chi connectivity index (χ1n) is 3.31. The average molecular weight is 243 g/mol. The normalized spacial score (nSPS) is 8.73. The van der Waals surface area contributed by atoms with E-state index in [4.69, 9.17) is 23.3 Å². The largest absolute Gasteiger partial charge is 0.412 e. The van der Waals surface area contributed by atoms with E-state index in [0.717, 1.165) is 5.69 Å². The maximum Gasteiger partial charge on any atom is 0.394 e. The fourth-order valence-electron chi connectivity index (χ4n) is 0.566. The Kier molecular flexibility index (Phi) is 10.5. The second-order valence-electron chi connectivity index (χ2n) is 2.36. The highest BCUT2D eigenvalue weighted by atomic mass is 32.3. The highest BCUT2D eigenvalue weighted by Crippen LogP contribution is 2.02. The summed E-state index contributed by atoms with van der Waals surface area (Å²) in [5.74, 6) is 0. The molecule has 6 N–H and O–H groups in total. The summed E-state index contributed by atoms with van der Waals surface area (Å²) in [6.45, 7) is 2.04. The Labute approximate surface area is 87.0 Å². The van der Waals surface area contributed by atoms with Gasteiger partial charge in [0.15, 0.2) is 0 Å². The van der Waals surface area contributed by atoms with Crippen LogP contribution in [0, 0.1) is 6.92 Å². The van der Waals surface area contributed by atoms with Gasteiger partial charge < -0.3 is 11.2 Å². The van der Waals surface area contributed by atoms with Crippen molar-refractivity contribution in [3.8, 4) is 0 Å². The minimum absolute atomic E-state index is 0. The van der Waals surface area contributed by atoms with Crippen LogP contribution in [0.5, 0.6) is 0 Å². The lowest BCUT2D eigenvalue weighted by Gasteiger charge is -1.90. The van der Waals surface area contributed by atoms with E-state index in [1.54, 1.807) is 0 Å². The highest BCUT2D eigenvalue weighted by Gasteiger charge is 1.84. The molecule has 0 amide bonds. The molecule has 1 aromatic rings. The first-order valence-corrected chi connectivity index (χ1v) is 4.71. The predicted molar refractivity (Wildman–Crippen MR) is 55.9 cm³/mol. The van der Waals surface area contributed by atoms with Gasteiger partial charge in [0.25, 0.3) is 0 Å². The zero-order chi connectivity index (χ0) is 10.5. The molecule has 0 aliphatic carbocycles. The number of nitrogen functional groups attached to an aromatic ring is 1. The molecule has 0 spiro atoms. The Morgan fingerprint density at radius 3 is 1.60 bits per heavy atom. The van der Waals surface area contributed by atoms with Gasteiger partial charge in [-0.1, -0.05) is 17.7 Å². The standard InChI is InChI=1S/C7H9N.FH.H2O4S.H2O/c1-6-2-4-7(8)5-3-6;;1-5(2,3)4;/h2-5H,8H2,1H3;1H;(H2,1,2,3,4);1H2. The second kappa shape index (κ2) is 8.12. The molecule has 0 saturated heterocycles. The van der Waals surface area contributed by atoms with Crippen LogP contribution in [0.25, 0.3) is 0 Å². The zero-order valence-corrected chi connectivity index (χ0v) is 8.73. The first kappa shape index (κ1) is 19.4. The third-order valence-corrected chi connectivity index (χ3v) is 1.08. The number of anilines is 1. The van der Waals surface area contributed by atoms with Crippen molar-refractivity contribution in [2.75, 3.05) is 5.73 Å². The molecule has 0 saturated carbocycles. The van der Waals surface area contributed by atoms with Gasteiger partial charge in [-0.05, 0) is 19.1 Å². The SMILES string of the molecule is Cc1ccc(N)cc1.F.O.O=S(=O)(O)O. The minimum atomic E-state index is -4.67. The van der Waals surface area contributed by atoms with Crippen molar-refractivity contribution in [3.05, 3.63) is 29.8 Å². The van der Waals surface area contributed by atoms with Crippen molar-refractivity contribution in [3.63, 3.8) is 0 Å². The van der Waals surface area contributed by atoms with Crippen LogP contribution in [0.4, 0.5) is 10.4 Å². The summed E-state index contributed by atoms with van der Waals surface area (Å²) in [6, 6.07) is 7.79. The Morgan fingerprint density at radius 2 is 1.40 bits per heavy atom. The molecular weight excluding hydrogens is 229 g/mol. The summed E-state index contributed by atoms with van der Waals surface area (Å²) in [4.78, 5) is 0. The smallest absolute Gasteiger partial charge is 0.394 e. The lowest BCUT2D eigenvalue weighted by atomic mass is 10.2. The maximum atomic E-state index is 8.74. The maximum absolute atomic E-state index is 8.74. The van der Waals surface area contributed by atoms with Gasteiger partial charge in [0.2, 0.25) is 0 Å². The molecule has 90 valence electrons. The van der Waals surface area contributed by atoms with Gasteiger partial charge in [-0.3, -0.25) is 13.8 Å². The predicted octanol–water partition coefficient (Wildman–Crippen LogP) is 0.252. The molecule has 1 aromatic carbocycles. The lowest BCUT2D eigenvalue weighted by Crippen LogP contribution is -1.89. The molecular formula is C7H14FNO5S. The van der Waals surface area contributed by atoms with E-state index in [1.807, 2.05) is 31.2 Å². The van der Waals surface area contributed by atoms with Crippen LogP contribution >= 0.6 is 0 Å². The van der Waals surface area contributed by atoms with Gasteiger partial charge in [-0.15, -0.1) is 0 Å². The molecule has 0 unspecified atom stereocenters. The van der Waals surface area contributed by atoms with Gasteiger partial charge in [0, 0.05) is 5.69 Å². The molecule has 0 fully saturated rings. The number of rotatable bonds is 0. The van der Waals surface area contributed by atoms with Gasteiger partial charge >= 0.3 is 10.4 Å². The summed E-state index contributed by atoms with van der Waals surface area (Å²) in [5, 5.41) is 0. The molecule has 15 heavy (non-hydrogen) atoms. The van der Waals surface area contributed by atoms with E-state index in [-0.39, 0.29) is 10.2 Å². The van der Waals surface area contributed by atoms with E-state index in [2.05, 4.69) is 0 Å². The summed E-state index contributed by atoms with van der Waals surface area (Å²) in [5.41, 5.74) is 7.51. The van der Waals surface area contributed by atoms with Crippen molar-refractivity contribution in [2.45, 2.75) is 6.92 Å². The van der Waals surface area contributed by atoms with Gasteiger partial charge in [0.05, 0.1) is 0 Å². The lowest BCUT2D eigenvalue weighted by molar-refractivity contribution is 0.381. The Morgan fingerprint density at radius 1 is 1.13 bits per heavy atom. The van der Waals surface area contributed by atoms with Crippen LogP contribution in [0.3, 0.4) is 0 Å². The van der Waals surface area contributed by atoms with Crippen LogP contribution in [0.1, 0.15) is 5.56 Å². The number of halogens is 1. The van der Waals surface area contributed by atoms with Crippen LogP contribution in [0.2, 0.25) is 0 Å². The third kappa shape index (κ3) is 19.3. The van der Waals surface area contributed by atoms with Gasteiger partial charge in [-0.2, -0.15) is 8.42 Å². The Bertz CT molecular complexity index is 321. The highest BCUT2D eigenvalue weighted by molar-refractivity contribution is 7.79. The molecule has 0 aliphatic heterocycles. The van der Waals surface area contributed by atoms with E-state index in [1.165, 1.54) is 5.56 Å². The van der Waals surface area contributed by atoms with Crippen LogP contribution < -0.4 is 5.73 Å². The molecule has 6 nitrogen and oxygen atoms in total. The van der Waals surface area contributed by atoms with E-state index < -0.39 is 10.4 Å². The fraction of sp³-hybridized carbons (Fsp3) is 0.143. The first-order chi connectivity index (χ1) is 5.79. The molecule has 0 heterocycles. The van der Waals surface area contributed by atoms with E-state index >= 15 is 0 Å². The van der Waals surface area contributed by atoms with E-state index in [0.29, 0.717) is 0 Å². The van der Waals surface area contributed by atoms with E-state index in [9.17, 15) is 0 Å². The van der Waals surface area contributed by atoms with Crippen molar-refractivity contribution in [1.82, 2.24) is 0 Å². The monoisotopic (exact) mass is 243 g/mol. The second-order valence-corrected chi connectivity index (χ2v) is 3.25. The van der Waals surface area contributed by atoms with Crippen molar-refractivity contribution >= 4 is 16.1 Å². The molecule has 0 atom stereocenters. The molecule has 0 aliphatic rings. The summed E-state index contributed by atoms with van der Waals surface area (Å²) in [7, 11) is -4.67. The van der Waals surface area contributed by atoms with Crippen LogP contribution in [0.15, 0.2) is 24.3 Å². The minimum Gasteiger partial charge on any atom is -0.412 e. The topological polar surface area (TPSA) is 132 Å². The number of benzene rings is 1. The summed E-state index contributed by atoms with van der Waals surface area (Å²) >= 11 is 0. The molecule has 0 aromatic heterocycles. The van der Waals surface area contributed by atoms with Crippen LogP contribution in [-0.4, -0.2) is 23.0 Å². The van der Waals surface area contributed by atoms with Crippen molar-refractivity contribution in [2.24, 2.45) is 0 Å². The van der Waals surface area contributed by atoms with Gasteiger partial charge in [-0.25, -0.2) is 0 Å². The van der Waals surface area contributed by atoms with Crippen LogP contribution in [-0.2, 0) is 10.4 Å². The van der Waals surface area contributed by atoms with Crippen molar-refractivity contribution < 1.29 is 27.7 Å². The van der Waals surface area contributed by atoms with Crippen molar-refractivity contribution in [1.29, 1.82) is 0 Å². The summed E-state index contributed by atoms with van der Waals surface area (Å²) < 4.78 is 31.6. The quantitative estimate of drug-likeness (QED) is 0.444. The number of aryl methyl sites for hydroxylation is 1. The molecule has 1 rings (SSSR count). The molecule has 0 radical (unpaired) electrons. The average Bonchev–Trinajstić information content (AvgIpc) is 1.92. The number of hydrogen-bond acceptors (Lipinski definition) is 3. The third-order valence-electron chi connectivity index (χ3n) is 1.08. The molecule has 0 bridgehead atoms. The number of hydrogen-bond donors (Lipinski definition) is 3. The van der Waals surface area contributed by atoms with Gasteiger partial charge in [0.1, 0.15) is 0 Å². The number of nitrogens with two attached hydrogens (primary N) is 1.